The van der Waals surface area contributed by atoms with E-state index in [1.165, 1.54) is 0 Å². The number of hydrogen-bond donors (Lipinski definition) is 1. The van der Waals surface area contributed by atoms with Gasteiger partial charge in [-0.15, -0.1) is 0 Å². The second-order valence-electron chi connectivity index (χ2n) is 5.40. The van der Waals surface area contributed by atoms with Crippen molar-refractivity contribution in [3.05, 3.63) is 47.8 Å². The third kappa shape index (κ3) is 4.13. The van der Waals surface area contributed by atoms with Crippen molar-refractivity contribution >= 4 is 0 Å². The van der Waals surface area contributed by atoms with Gasteiger partial charge < -0.3 is 14.6 Å². The first-order chi connectivity index (χ1) is 10.6. The Morgan fingerprint density at radius 1 is 1.00 bits per heavy atom. The Kier molecular flexibility index (Phi) is 5.64. The number of aromatic nitrogens is 1. The molecule has 22 heavy (non-hydrogen) atoms. The van der Waals surface area contributed by atoms with E-state index >= 15 is 0 Å². The number of unbranched alkanes of at least 4 members (excludes halogenated alkanes) is 1. The van der Waals surface area contributed by atoms with Gasteiger partial charge in [0.05, 0.1) is 13.2 Å². The molecule has 4 nitrogen and oxygen atoms in total. The van der Waals surface area contributed by atoms with E-state index in [0.29, 0.717) is 19.0 Å². The van der Waals surface area contributed by atoms with Crippen molar-refractivity contribution in [2.75, 3.05) is 13.2 Å². The molecule has 0 radical (unpaired) electrons. The molecule has 2 rings (SSSR count). The minimum Gasteiger partial charge on any atom is -0.504 e. The SMILES string of the molecule is Cc1ccccc1OCCCCOc1c(O)cc[n+](C)c1C. The van der Waals surface area contributed by atoms with Crippen molar-refractivity contribution in [2.24, 2.45) is 7.05 Å². The first-order valence-corrected chi connectivity index (χ1v) is 7.59. The summed E-state index contributed by atoms with van der Waals surface area (Å²) in [4.78, 5) is 0. The van der Waals surface area contributed by atoms with Crippen LogP contribution in [0.25, 0.3) is 0 Å². The molecule has 0 fully saturated rings. The van der Waals surface area contributed by atoms with Crippen LogP contribution >= 0.6 is 0 Å². The van der Waals surface area contributed by atoms with Crippen LogP contribution < -0.4 is 14.0 Å². The van der Waals surface area contributed by atoms with Crippen LogP contribution in [-0.4, -0.2) is 18.3 Å². The fourth-order valence-electron chi connectivity index (χ4n) is 2.17. The number of nitrogens with zero attached hydrogens (tertiary/aromatic N) is 1. The molecule has 1 aromatic heterocycles. The van der Waals surface area contributed by atoms with Gasteiger partial charge in [-0.25, -0.2) is 4.57 Å². The minimum absolute atomic E-state index is 0.187. The number of aryl methyl sites for hydroxylation is 2. The summed E-state index contributed by atoms with van der Waals surface area (Å²) in [5.74, 6) is 1.68. The smallest absolute Gasteiger partial charge is 0.228 e. The number of ether oxygens (including phenoxy) is 2. The maximum absolute atomic E-state index is 9.83. The standard InChI is InChI=1S/C18H23NO3/c1-14-8-4-5-9-17(14)21-12-6-7-13-22-18-15(2)19(3)11-10-16(18)20/h4-5,8-11H,6-7,12-13H2,1-3H3/p+1. The zero-order valence-electron chi connectivity index (χ0n) is 13.5. The number of benzene rings is 1. The van der Waals surface area contributed by atoms with Crippen LogP contribution in [-0.2, 0) is 7.05 Å². The van der Waals surface area contributed by atoms with Crippen LogP contribution in [0.3, 0.4) is 0 Å². The average Bonchev–Trinajstić information content (AvgIpc) is 2.51. The topological polar surface area (TPSA) is 42.6 Å². The van der Waals surface area contributed by atoms with Gasteiger partial charge in [0, 0.05) is 13.0 Å². The second kappa shape index (κ2) is 7.69. The molecule has 0 bridgehead atoms. The summed E-state index contributed by atoms with van der Waals surface area (Å²) in [6.45, 7) is 5.20. The molecule has 0 spiro atoms. The fraction of sp³-hybridized carbons (Fsp3) is 0.389. The Labute approximate surface area is 131 Å². The van der Waals surface area contributed by atoms with E-state index < -0.39 is 0 Å². The highest BCUT2D eigenvalue weighted by Gasteiger charge is 2.14. The number of pyridine rings is 1. The lowest BCUT2D eigenvalue weighted by atomic mass is 10.2. The molecule has 0 aliphatic carbocycles. The van der Waals surface area contributed by atoms with E-state index in [4.69, 9.17) is 9.47 Å². The lowest BCUT2D eigenvalue weighted by Crippen LogP contribution is -2.31. The van der Waals surface area contributed by atoms with Crippen molar-refractivity contribution < 1.29 is 19.1 Å². The lowest BCUT2D eigenvalue weighted by Gasteiger charge is -2.10. The molecule has 0 aliphatic rings. The van der Waals surface area contributed by atoms with Crippen LogP contribution in [0.15, 0.2) is 36.5 Å². The summed E-state index contributed by atoms with van der Waals surface area (Å²) in [6, 6.07) is 9.65. The van der Waals surface area contributed by atoms with Gasteiger partial charge in [-0.3, -0.25) is 0 Å². The average molecular weight is 302 g/mol. The summed E-state index contributed by atoms with van der Waals surface area (Å²) in [5, 5.41) is 9.83. The van der Waals surface area contributed by atoms with Gasteiger partial charge in [-0.05, 0) is 31.4 Å². The molecule has 0 amide bonds. The number of para-hydroxylation sites is 1. The third-order valence-corrected chi connectivity index (χ3v) is 3.68. The van der Waals surface area contributed by atoms with Crippen molar-refractivity contribution in [1.82, 2.24) is 0 Å². The molecule has 0 aliphatic heterocycles. The van der Waals surface area contributed by atoms with Crippen LogP contribution in [0.1, 0.15) is 24.1 Å². The van der Waals surface area contributed by atoms with E-state index in [1.807, 2.05) is 55.9 Å². The van der Waals surface area contributed by atoms with Gasteiger partial charge in [0.15, 0.2) is 11.9 Å². The predicted octanol–water partition coefficient (Wildman–Crippen LogP) is 3.07. The largest absolute Gasteiger partial charge is 0.504 e. The van der Waals surface area contributed by atoms with Gasteiger partial charge in [0.2, 0.25) is 11.4 Å². The third-order valence-electron chi connectivity index (χ3n) is 3.68. The summed E-state index contributed by atoms with van der Waals surface area (Å²) in [5.41, 5.74) is 2.06. The molecular weight excluding hydrogens is 278 g/mol. The van der Waals surface area contributed by atoms with Crippen LogP contribution in [0.5, 0.6) is 17.2 Å². The highest BCUT2D eigenvalue weighted by molar-refractivity contribution is 5.38. The predicted molar refractivity (Wildman–Crippen MR) is 85.4 cm³/mol. The Morgan fingerprint density at radius 2 is 1.68 bits per heavy atom. The number of hydrogen-bond acceptors (Lipinski definition) is 3. The molecule has 118 valence electrons. The molecule has 2 aromatic rings. The molecule has 4 heteroatoms. The summed E-state index contributed by atoms with van der Waals surface area (Å²) < 4.78 is 13.4. The Bertz CT molecular complexity index is 626. The molecular formula is C18H24NO3+. The van der Waals surface area contributed by atoms with Crippen molar-refractivity contribution in [1.29, 1.82) is 0 Å². The van der Waals surface area contributed by atoms with E-state index in [9.17, 15) is 5.11 Å². The zero-order chi connectivity index (χ0) is 15.9. The highest BCUT2D eigenvalue weighted by Crippen LogP contribution is 2.26. The van der Waals surface area contributed by atoms with Crippen LogP contribution in [0.4, 0.5) is 0 Å². The van der Waals surface area contributed by atoms with Crippen LogP contribution in [0, 0.1) is 13.8 Å². The second-order valence-corrected chi connectivity index (χ2v) is 5.40. The molecule has 0 atom stereocenters. The molecule has 0 unspecified atom stereocenters. The van der Waals surface area contributed by atoms with Crippen molar-refractivity contribution in [3.63, 3.8) is 0 Å². The van der Waals surface area contributed by atoms with E-state index in [-0.39, 0.29) is 5.75 Å². The Hall–Kier alpha value is -2.23. The zero-order valence-corrected chi connectivity index (χ0v) is 13.5. The number of aromatic hydroxyl groups is 1. The summed E-state index contributed by atoms with van der Waals surface area (Å²) in [6.07, 6.45) is 3.60. The molecule has 0 saturated heterocycles. The molecule has 1 aromatic carbocycles. The minimum atomic E-state index is 0.187. The summed E-state index contributed by atoms with van der Waals surface area (Å²) >= 11 is 0. The fourth-order valence-corrected chi connectivity index (χ4v) is 2.17. The monoisotopic (exact) mass is 302 g/mol. The molecule has 1 N–H and O–H groups in total. The normalized spacial score (nSPS) is 10.5. The first kappa shape index (κ1) is 16.1. The van der Waals surface area contributed by atoms with E-state index in [0.717, 1.165) is 29.8 Å². The first-order valence-electron chi connectivity index (χ1n) is 7.59. The van der Waals surface area contributed by atoms with Crippen LogP contribution in [0.2, 0.25) is 0 Å². The van der Waals surface area contributed by atoms with Gasteiger partial charge in [0.25, 0.3) is 0 Å². The van der Waals surface area contributed by atoms with Gasteiger partial charge in [-0.2, -0.15) is 0 Å². The molecule has 1 heterocycles. The maximum atomic E-state index is 9.83. The van der Waals surface area contributed by atoms with Gasteiger partial charge >= 0.3 is 0 Å². The van der Waals surface area contributed by atoms with Crippen molar-refractivity contribution in [2.45, 2.75) is 26.7 Å². The van der Waals surface area contributed by atoms with Gasteiger partial charge in [0.1, 0.15) is 12.8 Å². The lowest BCUT2D eigenvalue weighted by molar-refractivity contribution is -0.678. The highest BCUT2D eigenvalue weighted by atomic mass is 16.5. The maximum Gasteiger partial charge on any atom is 0.228 e. The summed E-state index contributed by atoms with van der Waals surface area (Å²) in [7, 11) is 1.93. The van der Waals surface area contributed by atoms with E-state index in [2.05, 4.69) is 0 Å². The van der Waals surface area contributed by atoms with E-state index in [1.54, 1.807) is 6.07 Å². The Balaban J connectivity index is 1.72. The van der Waals surface area contributed by atoms with Gasteiger partial charge in [-0.1, -0.05) is 18.2 Å². The van der Waals surface area contributed by atoms with Crippen molar-refractivity contribution in [3.8, 4) is 17.2 Å². The Morgan fingerprint density at radius 3 is 2.41 bits per heavy atom. The molecule has 0 saturated carbocycles. The number of rotatable bonds is 7. The quantitative estimate of drug-likeness (QED) is 0.631.